The predicted molar refractivity (Wildman–Crippen MR) is 76.3 cm³/mol. The van der Waals surface area contributed by atoms with E-state index in [2.05, 4.69) is 20.8 Å². The molecule has 0 unspecified atom stereocenters. The van der Waals surface area contributed by atoms with Crippen molar-refractivity contribution in [3.63, 3.8) is 0 Å². The predicted octanol–water partition coefficient (Wildman–Crippen LogP) is 1.82. The van der Waals surface area contributed by atoms with Crippen LogP contribution >= 0.6 is 11.3 Å². The van der Waals surface area contributed by atoms with E-state index in [-0.39, 0.29) is 11.7 Å². The number of carbonyl (C=O) groups is 1. The lowest BCUT2D eigenvalue weighted by Gasteiger charge is -2.01. The fourth-order valence-corrected chi connectivity index (χ4v) is 2.38. The van der Waals surface area contributed by atoms with Crippen LogP contribution < -0.4 is 10.6 Å². The van der Waals surface area contributed by atoms with Crippen LogP contribution in [-0.2, 0) is 11.2 Å². The average molecular weight is 294 g/mol. The summed E-state index contributed by atoms with van der Waals surface area (Å²) in [5, 5.41) is 15.4. The molecule has 0 atom stereocenters. The van der Waals surface area contributed by atoms with Crippen LogP contribution in [0.2, 0.25) is 0 Å². The van der Waals surface area contributed by atoms with E-state index in [4.69, 9.17) is 0 Å². The molecule has 0 aliphatic heterocycles. The Morgan fingerprint density at radius 3 is 2.70 bits per heavy atom. The summed E-state index contributed by atoms with van der Waals surface area (Å²) >= 11 is 1.45. The molecule has 0 saturated heterocycles. The van der Waals surface area contributed by atoms with Crippen molar-refractivity contribution in [2.75, 3.05) is 18.4 Å². The number of anilines is 1. The zero-order valence-electron chi connectivity index (χ0n) is 11.0. The van der Waals surface area contributed by atoms with Gasteiger partial charge in [-0.15, -0.1) is 10.2 Å². The minimum Gasteiger partial charge on any atom is -0.358 e. The van der Waals surface area contributed by atoms with Gasteiger partial charge in [0.05, 0.1) is 0 Å². The van der Waals surface area contributed by atoms with Gasteiger partial charge in [0.25, 0.3) is 0 Å². The molecule has 0 bridgehead atoms. The third-order valence-corrected chi connectivity index (χ3v) is 3.39. The summed E-state index contributed by atoms with van der Waals surface area (Å²) in [4.78, 5) is 10.7. The van der Waals surface area contributed by atoms with E-state index >= 15 is 0 Å². The lowest BCUT2D eigenvalue weighted by molar-refractivity contribution is -0.118. The van der Waals surface area contributed by atoms with Crippen LogP contribution in [0.25, 0.3) is 0 Å². The Labute approximate surface area is 120 Å². The summed E-state index contributed by atoms with van der Waals surface area (Å²) in [6, 6.07) is 6.34. The third-order valence-electron chi connectivity index (χ3n) is 2.51. The number of nitrogens with zero attached hydrogens (tertiary/aromatic N) is 2. The van der Waals surface area contributed by atoms with E-state index in [1.807, 2.05) is 0 Å². The van der Waals surface area contributed by atoms with E-state index in [9.17, 15) is 9.18 Å². The highest BCUT2D eigenvalue weighted by atomic mass is 32.1. The number of nitrogens with one attached hydrogen (secondary N) is 2. The number of aromatic nitrogens is 2. The molecule has 0 spiro atoms. The zero-order valence-corrected chi connectivity index (χ0v) is 11.8. The largest absolute Gasteiger partial charge is 0.358 e. The van der Waals surface area contributed by atoms with Gasteiger partial charge in [-0.3, -0.25) is 4.79 Å². The lowest BCUT2D eigenvalue weighted by atomic mass is 10.2. The highest BCUT2D eigenvalue weighted by molar-refractivity contribution is 7.15. The molecule has 5 nitrogen and oxygen atoms in total. The molecule has 1 aromatic heterocycles. The molecule has 2 rings (SSSR count). The smallest absolute Gasteiger partial charge is 0.216 e. The first-order valence-electron chi connectivity index (χ1n) is 6.18. The molecular formula is C13H15FN4OS. The molecule has 0 aliphatic carbocycles. The number of benzene rings is 1. The molecular weight excluding hydrogens is 279 g/mol. The number of carbonyl (C=O) groups excluding carboxylic acids is 1. The Bertz CT molecular complexity index is 570. The van der Waals surface area contributed by atoms with Gasteiger partial charge in [-0.2, -0.15) is 0 Å². The van der Waals surface area contributed by atoms with E-state index in [1.54, 1.807) is 12.1 Å². The van der Waals surface area contributed by atoms with Crippen LogP contribution in [0, 0.1) is 5.82 Å². The first-order chi connectivity index (χ1) is 9.63. The van der Waals surface area contributed by atoms with Crippen molar-refractivity contribution in [2.45, 2.75) is 13.3 Å². The van der Waals surface area contributed by atoms with Crippen molar-refractivity contribution >= 4 is 22.4 Å². The van der Waals surface area contributed by atoms with Crippen molar-refractivity contribution in [3.8, 4) is 0 Å². The topological polar surface area (TPSA) is 66.9 Å². The number of halogens is 1. The van der Waals surface area contributed by atoms with Crippen molar-refractivity contribution in [3.05, 3.63) is 40.7 Å². The number of hydrogen-bond acceptors (Lipinski definition) is 5. The molecule has 20 heavy (non-hydrogen) atoms. The van der Waals surface area contributed by atoms with Gasteiger partial charge in [0.2, 0.25) is 11.0 Å². The number of amides is 1. The average Bonchev–Trinajstić information content (AvgIpc) is 2.85. The standard InChI is InChI=1S/C13H15FN4OS/c1-9(19)15-6-7-16-13-18-17-12(20-13)8-10-2-4-11(14)5-3-10/h2-5H,6-8H2,1H3,(H,15,19)(H,16,18). The molecule has 1 aromatic carbocycles. The highest BCUT2D eigenvalue weighted by Gasteiger charge is 2.05. The summed E-state index contributed by atoms with van der Waals surface area (Å²) in [5.41, 5.74) is 0.993. The fourth-order valence-electron chi connectivity index (χ4n) is 1.58. The summed E-state index contributed by atoms with van der Waals surface area (Å²) in [7, 11) is 0. The Morgan fingerprint density at radius 2 is 2.00 bits per heavy atom. The van der Waals surface area contributed by atoms with E-state index in [0.717, 1.165) is 10.6 Å². The van der Waals surface area contributed by atoms with E-state index < -0.39 is 0 Å². The van der Waals surface area contributed by atoms with Gasteiger partial charge < -0.3 is 10.6 Å². The normalized spacial score (nSPS) is 10.3. The van der Waals surface area contributed by atoms with Crippen LogP contribution in [0.3, 0.4) is 0 Å². The maximum atomic E-state index is 12.8. The van der Waals surface area contributed by atoms with Gasteiger partial charge in [0.15, 0.2) is 0 Å². The molecule has 0 aliphatic rings. The second-order valence-corrected chi connectivity index (χ2v) is 5.28. The van der Waals surface area contributed by atoms with Gasteiger partial charge in [-0.25, -0.2) is 4.39 Å². The van der Waals surface area contributed by atoms with Crippen molar-refractivity contribution < 1.29 is 9.18 Å². The summed E-state index contributed by atoms with van der Waals surface area (Å²) < 4.78 is 12.8. The number of rotatable bonds is 6. The van der Waals surface area contributed by atoms with Gasteiger partial charge in [0, 0.05) is 26.4 Å². The minimum atomic E-state index is -0.244. The Hall–Kier alpha value is -2.02. The summed E-state index contributed by atoms with van der Waals surface area (Å²) in [6.45, 7) is 2.62. The van der Waals surface area contributed by atoms with Crippen LogP contribution in [0.15, 0.2) is 24.3 Å². The molecule has 2 N–H and O–H groups in total. The van der Waals surface area contributed by atoms with Gasteiger partial charge >= 0.3 is 0 Å². The van der Waals surface area contributed by atoms with Crippen molar-refractivity contribution in [1.82, 2.24) is 15.5 Å². The first-order valence-corrected chi connectivity index (χ1v) is 7.00. The van der Waals surface area contributed by atoms with E-state index in [0.29, 0.717) is 24.6 Å². The van der Waals surface area contributed by atoms with Crippen molar-refractivity contribution in [2.24, 2.45) is 0 Å². The van der Waals surface area contributed by atoms with Crippen LogP contribution in [0.5, 0.6) is 0 Å². The van der Waals surface area contributed by atoms with Gasteiger partial charge in [-0.05, 0) is 17.7 Å². The first kappa shape index (κ1) is 14.4. The Kier molecular flexibility index (Phi) is 5.00. The van der Waals surface area contributed by atoms with Gasteiger partial charge in [0.1, 0.15) is 10.8 Å². The number of hydrogen-bond donors (Lipinski definition) is 2. The van der Waals surface area contributed by atoms with Crippen LogP contribution in [0.4, 0.5) is 9.52 Å². The quantitative estimate of drug-likeness (QED) is 0.798. The minimum absolute atomic E-state index is 0.0546. The lowest BCUT2D eigenvalue weighted by Crippen LogP contribution is -2.26. The maximum Gasteiger partial charge on any atom is 0.216 e. The molecule has 1 amide bonds. The summed E-state index contributed by atoms with van der Waals surface area (Å²) in [6.07, 6.45) is 0.630. The van der Waals surface area contributed by atoms with Crippen molar-refractivity contribution in [1.29, 1.82) is 0 Å². The van der Waals surface area contributed by atoms with Crippen LogP contribution in [-0.4, -0.2) is 29.2 Å². The molecule has 0 radical (unpaired) electrons. The second-order valence-electron chi connectivity index (χ2n) is 4.21. The Balaban J connectivity index is 1.82. The molecule has 0 fully saturated rings. The molecule has 1 heterocycles. The Morgan fingerprint density at radius 1 is 1.25 bits per heavy atom. The fraction of sp³-hybridized carbons (Fsp3) is 0.308. The van der Waals surface area contributed by atoms with Crippen LogP contribution in [0.1, 0.15) is 17.5 Å². The SMILES string of the molecule is CC(=O)NCCNc1nnc(Cc2ccc(F)cc2)s1. The zero-order chi connectivity index (χ0) is 14.4. The maximum absolute atomic E-state index is 12.8. The third kappa shape index (κ3) is 4.58. The molecule has 106 valence electrons. The van der Waals surface area contributed by atoms with E-state index in [1.165, 1.54) is 30.4 Å². The summed E-state index contributed by atoms with van der Waals surface area (Å²) in [5.74, 6) is -0.299. The highest BCUT2D eigenvalue weighted by Crippen LogP contribution is 2.18. The monoisotopic (exact) mass is 294 g/mol. The molecule has 0 saturated carbocycles. The molecule has 7 heteroatoms. The second kappa shape index (κ2) is 6.95. The molecule has 2 aromatic rings. The van der Waals surface area contributed by atoms with Gasteiger partial charge in [-0.1, -0.05) is 23.5 Å².